The number of aliphatic hydroxyl groups excluding tert-OH is 1. The number of alkyl halides is 1. The lowest BCUT2D eigenvalue weighted by Crippen LogP contribution is -2.69. The highest BCUT2D eigenvalue weighted by atomic mass is 19.1. The zero-order valence-corrected chi connectivity index (χ0v) is 22.3. The van der Waals surface area contributed by atoms with Crippen molar-refractivity contribution in [1.29, 1.82) is 0 Å². The number of carbonyl (C=O) groups is 3. The van der Waals surface area contributed by atoms with Gasteiger partial charge < -0.3 is 19.7 Å². The molecule has 38 heavy (non-hydrogen) atoms. The molecule has 9 heteroatoms. The Morgan fingerprint density at radius 1 is 1.11 bits per heavy atom. The van der Waals surface area contributed by atoms with Crippen molar-refractivity contribution >= 4 is 17.9 Å². The van der Waals surface area contributed by atoms with Gasteiger partial charge in [-0.05, 0) is 63.0 Å². The molecule has 0 heterocycles. The first kappa shape index (κ1) is 27.3. The summed E-state index contributed by atoms with van der Waals surface area (Å²) < 4.78 is 44.2. The molecular formula is C29H38F2O7. The average molecular weight is 537 g/mol. The molecule has 3 fully saturated rings. The predicted molar refractivity (Wildman–Crippen MR) is 132 cm³/mol. The third-order valence-electron chi connectivity index (χ3n) is 10.8. The number of halogens is 2. The zero-order valence-electron chi connectivity index (χ0n) is 22.3. The van der Waals surface area contributed by atoms with Crippen LogP contribution in [0.5, 0.6) is 0 Å². The number of carboxylic acid groups (broad SMARTS) is 1. The highest BCUT2D eigenvalue weighted by molar-refractivity contribution is 5.93. The van der Waals surface area contributed by atoms with Gasteiger partial charge in [0.05, 0.1) is 6.10 Å². The molecule has 0 saturated heterocycles. The summed E-state index contributed by atoms with van der Waals surface area (Å²) in [5.74, 6) is -4.82. The number of aliphatic hydroxyl groups is 1. The summed E-state index contributed by atoms with van der Waals surface area (Å²) in [6, 6.07) is 0. The van der Waals surface area contributed by atoms with Gasteiger partial charge in [-0.25, -0.2) is 18.4 Å². The Kier molecular flexibility index (Phi) is 6.56. The van der Waals surface area contributed by atoms with E-state index in [9.17, 15) is 24.6 Å². The fraction of sp³-hybridized carbons (Fsp3) is 0.759. The molecule has 0 aromatic heterocycles. The van der Waals surface area contributed by atoms with Gasteiger partial charge in [0, 0.05) is 35.5 Å². The standard InChI is InChI=1S/C29H38F2O7/c1-16-12-19-20-14-22(30)21-13-17(32)10-11-26(21,2)28(20,31)23(33)15-27(19,3)29(16,24(34)35)38-25(36)37-18-8-6-4-5-7-9-18/h10-11,16,18-20,23,33H,4-9,12-15H2,1-3H3,(H,34,35)/t16-,19+,20+,23+,26+,27+,28+,29+/m1/s1. The van der Waals surface area contributed by atoms with Gasteiger partial charge in [0.2, 0.25) is 5.60 Å². The number of fused-ring (bicyclic) bond motifs is 5. The first-order valence-corrected chi connectivity index (χ1v) is 13.9. The molecule has 3 saturated carbocycles. The van der Waals surface area contributed by atoms with E-state index in [1.165, 1.54) is 19.1 Å². The Labute approximate surface area is 221 Å². The highest BCUT2D eigenvalue weighted by Gasteiger charge is 2.78. The van der Waals surface area contributed by atoms with Gasteiger partial charge >= 0.3 is 12.1 Å². The van der Waals surface area contributed by atoms with Crippen LogP contribution in [0.2, 0.25) is 0 Å². The molecule has 5 aliphatic rings. The van der Waals surface area contributed by atoms with Crippen LogP contribution in [0, 0.1) is 28.6 Å². The van der Waals surface area contributed by atoms with Gasteiger partial charge in [-0.3, -0.25) is 4.79 Å². The average Bonchev–Trinajstić information content (AvgIpc) is 3.00. The Hall–Kier alpha value is -2.29. The second kappa shape index (κ2) is 9.14. The smallest absolute Gasteiger partial charge is 0.478 e. The van der Waals surface area contributed by atoms with Gasteiger partial charge in [0.15, 0.2) is 11.5 Å². The molecule has 5 rings (SSSR count). The van der Waals surface area contributed by atoms with E-state index >= 15 is 8.78 Å². The monoisotopic (exact) mass is 536 g/mol. The molecule has 0 radical (unpaired) electrons. The Balaban J connectivity index is 1.52. The van der Waals surface area contributed by atoms with Crippen molar-refractivity contribution < 1.29 is 42.9 Å². The Bertz CT molecular complexity index is 1090. The van der Waals surface area contributed by atoms with Crippen LogP contribution in [0.15, 0.2) is 23.6 Å². The first-order chi connectivity index (χ1) is 17.8. The maximum absolute atomic E-state index is 17.3. The second-order valence-corrected chi connectivity index (χ2v) is 12.6. The van der Waals surface area contributed by atoms with Crippen LogP contribution in [0.3, 0.4) is 0 Å². The largest absolute Gasteiger partial charge is 0.509 e. The Morgan fingerprint density at radius 3 is 2.39 bits per heavy atom. The van der Waals surface area contributed by atoms with E-state index in [2.05, 4.69) is 0 Å². The summed E-state index contributed by atoms with van der Waals surface area (Å²) in [6.45, 7) is 4.76. The second-order valence-electron chi connectivity index (χ2n) is 12.6. The number of hydrogen-bond acceptors (Lipinski definition) is 6. The SMILES string of the molecule is C[C@@H]1C[C@H]2[C@@H]3CC(F)=C4CC(=O)C=C[C@]4(C)[C@@]3(F)[C@@H](O)C[C@]2(C)[C@@]1(OC(=O)OC1CCCCCC1)C(=O)O. The number of carboxylic acids is 1. The number of hydrogen-bond donors (Lipinski definition) is 2. The van der Waals surface area contributed by atoms with Crippen LogP contribution < -0.4 is 0 Å². The molecule has 5 aliphatic carbocycles. The van der Waals surface area contributed by atoms with Crippen LogP contribution in [0.25, 0.3) is 0 Å². The minimum absolute atomic E-state index is 0.0465. The molecule has 8 atom stereocenters. The van der Waals surface area contributed by atoms with Crippen molar-refractivity contribution in [3.05, 3.63) is 23.6 Å². The summed E-state index contributed by atoms with van der Waals surface area (Å²) in [4.78, 5) is 38.1. The molecule has 0 aromatic rings. The molecule has 2 N–H and O–H groups in total. The van der Waals surface area contributed by atoms with Crippen molar-refractivity contribution in [2.75, 3.05) is 0 Å². The molecule has 0 unspecified atom stereocenters. The van der Waals surface area contributed by atoms with E-state index in [1.807, 2.05) is 0 Å². The van der Waals surface area contributed by atoms with Crippen molar-refractivity contribution in [3.63, 3.8) is 0 Å². The summed E-state index contributed by atoms with van der Waals surface area (Å²) in [7, 11) is 0. The molecule has 0 bridgehead atoms. The maximum Gasteiger partial charge on any atom is 0.509 e. The van der Waals surface area contributed by atoms with E-state index in [1.54, 1.807) is 13.8 Å². The highest BCUT2D eigenvalue weighted by Crippen LogP contribution is 2.71. The van der Waals surface area contributed by atoms with Crippen LogP contribution in [0.4, 0.5) is 13.6 Å². The first-order valence-electron chi connectivity index (χ1n) is 13.9. The van der Waals surface area contributed by atoms with Crippen molar-refractivity contribution in [3.8, 4) is 0 Å². The fourth-order valence-electron chi connectivity index (χ4n) is 8.87. The number of rotatable bonds is 3. The number of allylic oxidation sites excluding steroid dienone is 4. The lowest BCUT2D eigenvalue weighted by atomic mass is 9.45. The number of aliphatic carboxylic acids is 1. The third-order valence-corrected chi connectivity index (χ3v) is 10.8. The fourth-order valence-corrected chi connectivity index (χ4v) is 8.87. The Morgan fingerprint density at radius 2 is 1.76 bits per heavy atom. The van der Waals surface area contributed by atoms with E-state index in [-0.39, 0.29) is 43.1 Å². The van der Waals surface area contributed by atoms with Crippen LogP contribution in [-0.4, -0.2) is 51.6 Å². The van der Waals surface area contributed by atoms with Gasteiger partial charge in [-0.1, -0.05) is 32.8 Å². The summed E-state index contributed by atoms with van der Waals surface area (Å²) in [5, 5.41) is 22.0. The molecule has 7 nitrogen and oxygen atoms in total. The van der Waals surface area contributed by atoms with E-state index in [4.69, 9.17) is 9.47 Å². The predicted octanol–water partition coefficient (Wildman–Crippen LogP) is 5.60. The minimum Gasteiger partial charge on any atom is -0.478 e. The zero-order chi connectivity index (χ0) is 27.7. The van der Waals surface area contributed by atoms with Crippen LogP contribution in [-0.2, 0) is 19.1 Å². The quantitative estimate of drug-likeness (QED) is 0.357. The van der Waals surface area contributed by atoms with Gasteiger partial charge in [-0.15, -0.1) is 0 Å². The minimum atomic E-state index is -2.32. The number of ketones is 1. The van der Waals surface area contributed by atoms with Gasteiger partial charge in [0.25, 0.3) is 0 Å². The lowest BCUT2D eigenvalue weighted by molar-refractivity contribution is -0.226. The van der Waals surface area contributed by atoms with E-state index < -0.39 is 63.9 Å². The normalized spacial score (nSPS) is 45.1. The van der Waals surface area contributed by atoms with Crippen molar-refractivity contribution in [1.82, 2.24) is 0 Å². The van der Waals surface area contributed by atoms with Gasteiger partial charge in [0.1, 0.15) is 11.9 Å². The number of ether oxygens (including phenoxy) is 2. The number of carbonyl (C=O) groups excluding carboxylic acids is 2. The molecule has 0 aromatic carbocycles. The molecule has 0 spiro atoms. The lowest BCUT2D eigenvalue weighted by Gasteiger charge is -2.61. The molecule has 0 aliphatic heterocycles. The van der Waals surface area contributed by atoms with Crippen molar-refractivity contribution in [2.45, 2.75) is 108 Å². The summed E-state index contributed by atoms with van der Waals surface area (Å²) in [6.07, 6.45) is 4.02. The molecule has 0 amide bonds. The van der Waals surface area contributed by atoms with Crippen molar-refractivity contribution in [2.24, 2.45) is 28.6 Å². The molecular weight excluding hydrogens is 498 g/mol. The third kappa shape index (κ3) is 3.56. The van der Waals surface area contributed by atoms with E-state index in [0.29, 0.717) is 12.8 Å². The van der Waals surface area contributed by atoms with Crippen LogP contribution in [0.1, 0.15) is 85.0 Å². The summed E-state index contributed by atoms with van der Waals surface area (Å²) >= 11 is 0. The van der Waals surface area contributed by atoms with Gasteiger partial charge in [-0.2, -0.15) is 0 Å². The topological polar surface area (TPSA) is 110 Å². The van der Waals surface area contributed by atoms with E-state index in [0.717, 1.165) is 25.7 Å². The maximum atomic E-state index is 17.3. The van der Waals surface area contributed by atoms with Crippen LogP contribution >= 0.6 is 0 Å². The molecule has 210 valence electrons. The summed E-state index contributed by atoms with van der Waals surface area (Å²) in [5.41, 5.74) is -7.30.